The van der Waals surface area contributed by atoms with Crippen molar-refractivity contribution < 1.29 is 14.7 Å². The van der Waals surface area contributed by atoms with E-state index >= 15 is 0 Å². The maximum Gasteiger partial charge on any atom is 0.327 e. The van der Waals surface area contributed by atoms with Crippen molar-refractivity contribution in [2.75, 3.05) is 5.75 Å². The van der Waals surface area contributed by atoms with Gasteiger partial charge in [-0.2, -0.15) is 0 Å². The Kier molecular flexibility index (Phi) is 4.60. The molecule has 1 amide bonds. The van der Waals surface area contributed by atoms with Crippen LogP contribution in [0.3, 0.4) is 0 Å². The van der Waals surface area contributed by atoms with Gasteiger partial charge < -0.3 is 10.4 Å². The van der Waals surface area contributed by atoms with Gasteiger partial charge >= 0.3 is 5.97 Å². The van der Waals surface area contributed by atoms with E-state index in [4.69, 9.17) is 28.3 Å². The van der Waals surface area contributed by atoms with Gasteiger partial charge in [0.1, 0.15) is 6.04 Å². The second-order valence-electron chi connectivity index (χ2n) is 4.16. The van der Waals surface area contributed by atoms with E-state index in [0.717, 1.165) is 5.56 Å². The topological polar surface area (TPSA) is 66.4 Å². The lowest BCUT2D eigenvalue weighted by molar-refractivity contribution is -0.141. The van der Waals surface area contributed by atoms with Gasteiger partial charge in [-0.25, -0.2) is 4.79 Å². The first-order chi connectivity index (χ1) is 8.97. The molecule has 19 heavy (non-hydrogen) atoms. The zero-order valence-electron chi connectivity index (χ0n) is 9.73. The summed E-state index contributed by atoms with van der Waals surface area (Å²) in [6.07, 6.45) is 0.457. The van der Waals surface area contributed by atoms with Gasteiger partial charge in [0.2, 0.25) is 5.91 Å². The monoisotopic (exact) mass is 319 g/mol. The maximum absolute atomic E-state index is 11.8. The summed E-state index contributed by atoms with van der Waals surface area (Å²) in [4.78, 5) is 22.6. The summed E-state index contributed by atoms with van der Waals surface area (Å²) < 4.78 is 0. The van der Waals surface area contributed by atoms with Crippen LogP contribution in [0.15, 0.2) is 18.2 Å². The highest BCUT2D eigenvalue weighted by molar-refractivity contribution is 8.00. The molecule has 1 fully saturated rings. The van der Waals surface area contributed by atoms with Crippen LogP contribution in [0.25, 0.3) is 0 Å². The molecule has 0 spiro atoms. The second-order valence-corrected chi connectivity index (χ2v) is 6.24. The van der Waals surface area contributed by atoms with Crippen molar-refractivity contribution in [3.63, 3.8) is 0 Å². The van der Waals surface area contributed by atoms with E-state index in [0.29, 0.717) is 22.2 Å². The van der Waals surface area contributed by atoms with Crippen molar-refractivity contribution in [1.82, 2.24) is 5.32 Å². The number of carbonyl (C=O) groups excluding carboxylic acids is 1. The van der Waals surface area contributed by atoms with Crippen molar-refractivity contribution in [2.24, 2.45) is 0 Å². The maximum atomic E-state index is 11.8. The molecule has 7 heteroatoms. The zero-order chi connectivity index (χ0) is 14.0. The minimum absolute atomic E-state index is 0.269. The molecule has 1 aromatic rings. The molecule has 2 N–H and O–H groups in total. The minimum Gasteiger partial charge on any atom is -0.480 e. The van der Waals surface area contributed by atoms with Gasteiger partial charge in [-0.15, -0.1) is 11.8 Å². The predicted molar refractivity (Wildman–Crippen MR) is 76.0 cm³/mol. The largest absolute Gasteiger partial charge is 0.480 e. The third-order valence-electron chi connectivity index (χ3n) is 2.79. The Balaban J connectivity index is 2.04. The van der Waals surface area contributed by atoms with Gasteiger partial charge in [-0.05, 0) is 24.1 Å². The van der Waals surface area contributed by atoms with E-state index in [1.165, 1.54) is 11.8 Å². The first-order valence-electron chi connectivity index (χ1n) is 5.56. The van der Waals surface area contributed by atoms with Crippen LogP contribution in [0.1, 0.15) is 5.56 Å². The van der Waals surface area contributed by atoms with E-state index in [-0.39, 0.29) is 11.2 Å². The highest BCUT2D eigenvalue weighted by atomic mass is 35.5. The third-order valence-corrected chi connectivity index (χ3v) is 4.69. The van der Waals surface area contributed by atoms with Gasteiger partial charge in [0.05, 0.1) is 5.25 Å². The number of carboxylic acid groups (broad SMARTS) is 1. The first-order valence-corrected chi connectivity index (χ1v) is 7.36. The lowest BCUT2D eigenvalue weighted by Gasteiger charge is -2.26. The Morgan fingerprint density at radius 1 is 1.47 bits per heavy atom. The molecule has 1 heterocycles. The molecule has 1 aromatic carbocycles. The van der Waals surface area contributed by atoms with Crippen LogP contribution in [-0.2, 0) is 16.0 Å². The lowest BCUT2D eigenvalue weighted by atomic mass is 10.1. The average Bonchev–Trinajstić information content (AvgIpc) is 2.34. The smallest absolute Gasteiger partial charge is 0.327 e. The Hall–Kier alpha value is -0.910. The number of aliphatic carboxylic acids is 1. The molecule has 0 radical (unpaired) electrons. The lowest BCUT2D eigenvalue weighted by Crippen LogP contribution is -2.51. The Bertz CT molecular complexity index is 524. The van der Waals surface area contributed by atoms with Crippen LogP contribution in [0.5, 0.6) is 0 Å². The van der Waals surface area contributed by atoms with Crippen molar-refractivity contribution >= 4 is 46.8 Å². The Labute approximate surface area is 124 Å². The second kappa shape index (κ2) is 6.03. The summed E-state index contributed by atoms with van der Waals surface area (Å²) in [6, 6.07) is 4.31. The van der Waals surface area contributed by atoms with Gasteiger partial charge in [-0.3, -0.25) is 4.79 Å². The van der Waals surface area contributed by atoms with E-state index in [9.17, 15) is 9.59 Å². The number of hydrogen-bond acceptors (Lipinski definition) is 3. The zero-order valence-corrected chi connectivity index (χ0v) is 12.1. The fourth-order valence-electron chi connectivity index (χ4n) is 1.77. The molecule has 0 aromatic heterocycles. The van der Waals surface area contributed by atoms with E-state index < -0.39 is 12.0 Å². The molecule has 2 atom stereocenters. The van der Waals surface area contributed by atoms with E-state index in [2.05, 4.69) is 5.32 Å². The fraction of sp³-hybridized carbons (Fsp3) is 0.333. The van der Waals surface area contributed by atoms with Crippen molar-refractivity contribution in [3.8, 4) is 0 Å². The van der Waals surface area contributed by atoms with Crippen molar-refractivity contribution in [2.45, 2.75) is 17.7 Å². The number of halogens is 2. The minimum atomic E-state index is -1.01. The number of hydrogen-bond donors (Lipinski definition) is 2. The highest BCUT2D eigenvalue weighted by Crippen LogP contribution is 2.27. The number of thioether (sulfide) groups is 1. The fourth-order valence-corrected chi connectivity index (χ4v) is 3.42. The molecule has 4 nitrogen and oxygen atoms in total. The van der Waals surface area contributed by atoms with Gasteiger partial charge in [0, 0.05) is 15.8 Å². The van der Waals surface area contributed by atoms with Crippen LogP contribution in [0, 0.1) is 0 Å². The Morgan fingerprint density at radius 2 is 2.21 bits per heavy atom. The van der Waals surface area contributed by atoms with Crippen LogP contribution in [0.4, 0.5) is 0 Å². The highest BCUT2D eigenvalue weighted by Gasteiger charge is 2.32. The molecule has 2 rings (SSSR count). The summed E-state index contributed by atoms with van der Waals surface area (Å²) in [5, 5.41) is 12.1. The standard InChI is InChI=1S/C12H11Cl2NO3S/c13-7-2-1-6(8(14)4-7)3-10-11(16)15-9(5-19-10)12(17)18/h1-2,4,9-10H,3,5H2,(H,15,16)(H,17,18)/t9-,10-/m1/s1. The third kappa shape index (κ3) is 3.55. The molecule has 1 saturated heterocycles. The number of carboxylic acids is 1. The van der Waals surface area contributed by atoms with Gasteiger partial charge in [0.15, 0.2) is 0 Å². The first kappa shape index (κ1) is 14.5. The van der Waals surface area contributed by atoms with Crippen molar-refractivity contribution in [1.29, 1.82) is 0 Å². The molecule has 0 saturated carbocycles. The molecule has 102 valence electrons. The Morgan fingerprint density at radius 3 is 2.79 bits per heavy atom. The quantitative estimate of drug-likeness (QED) is 0.896. The summed E-state index contributed by atoms with van der Waals surface area (Å²) in [6.45, 7) is 0. The molecule has 0 bridgehead atoms. The average molecular weight is 320 g/mol. The molecular weight excluding hydrogens is 309 g/mol. The normalized spacial score (nSPS) is 22.9. The predicted octanol–water partition coefficient (Wildman–Crippen LogP) is 2.22. The van der Waals surface area contributed by atoms with Crippen LogP contribution < -0.4 is 5.32 Å². The van der Waals surface area contributed by atoms with Crippen LogP contribution in [0.2, 0.25) is 10.0 Å². The number of nitrogens with one attached hydrogen (secondary N) is 1. The van der Waals surface area contributed by atoms with E-state index in [1.807, 2.05) is 0 Å². The summed E-state index contributed by atoms with van der Waals surface area (Å²) in [7, 11) is 0. The van der Waals surface area contributed by atoms with Crippen molar-refractivity contribution in [3.05, 3.63) is 33.8 Å². The summed E-state index contributed by atoms with van der Waals surface area (Å²) >= 11 is 13.2. The number of carbonyl (C=O) groups is 2. The van der Waals surface area contributed by atoms with Crippen LogP contribution >= 0.6 is 35.0 Å². The molecule has 0 unspecified atom stereocenters. The van der Waals surface area contributed by atoms with E-state index in [1.54, 1.807) is 18.2 Å². The SMILES string of the molecule is O=C(O)[C@H]1CS[C@H](Cc2ccc(Cl)cc2Cl)C(=O)N1. The van der Waals surface area contributed by atoms with Gasteiger partial charge in [-0.1, -0.05) is 29.3 Å². The number of rotatable bonds is 3. The molecule has 1 aliphatic heterocycles. The van der Waals surface area contributed by atoms with Gasteiger partial charge in [0.25, 0.3) is 0 Å². The number of benzene rings is 1. The summed E-state index contributed by atoms with van der Waals surface area (Å²) in [5.41, 5.74) is 0.826. The molecule has 1 aliphatic rings. The molecule has 0 aliphatic carbocycles. The number of amides is 1. The van der Waals surface area contributed by atoms with Crippen LogP contribution in [-0.4, -0.2) is 34.0 Å². The summed E-state index contributed by atoms with van der Waals surface area (Å²) in [5.74, 6) is -0.921. The molecular formula is C12H11Cl2NO3S.